The summed E-state index contributed by atoms with van der Waals surface area (Å²) in [5.41, 5.74) is 2.64. The Morgan fingerprint density at radius 3 is 2.62 bits per heavy atom. The van der Waals surface area contributed by atoms with Gasteiger partial charge in [-0.25, -0.2) is 4.39 Å². The lowest BCUT2D eigenvalue weighted by molar-refractivity contribution is 0.177. The molecule has 21 heavy (non-hydrogen) atoms. The zero-order chi connectivity index (χ0) is 14.8. The van der Waals surface area contributed by atoms with Gasteiger partial charge in [0.15, 0.2) is 0 Å². The lowest BCUT2D eigenvalue weighted by atomic mass is 10.0. The molecule has 0 spiro atoms. The highest BCUT2D eigenvalue weighted by Gasteiger charge is 2.13. The summed E-state index contributed by atoms with van der Waals surface area (Å²) in [6.45, 7) is 0. The van der Waals surface area contributed by atoms with Gasteiger partial charge in [-0.1, -0.05) is 22.0 Å². The molecule has 0 saturated carbocycles. The van der Waals surface area contributed by atoms with Crippen molar-refractivity contribution in [2.75, 3.05) is 0 Å². The van der Waals surface area contributed by atoms with Gasteiger partial charge in [0.25, 0.3) is 0 Å². The van der Waals surface area contributed by atoms with Crippen LogP contribution in [0.25, 0.3) is 11.0 Å². The van der Waals surface area contributed by atoms with Gasteiger partial charge in [0.1, 0.15) is 5.82 Å². The average Bonchev–Trinajstić information content (AvgIpc) is 2.50. The molecule has 1 aromatic heterocycles. The fourth-order valence-electron chi connectivity index (χ4n) is 2.21. The van der Waals surface area contributed by atoms with E-state index in [9.17, 15) is 9.50 Å². The minimum absolute atomic E-state index is 0.205. The van der Waals surface area contributed by atoms with Crippen molar-refractivity contribution in [2.45, 2.75) is 12.5 Å². The highest BCUT2D eigenvalue weighted by molar-refractivity contribution is 9.10. The van der Waals surface area contributed by atoms with Gasteiger partial charge in [-0.2, -0.15) is 0 Å². The highest BCUT2D eigenvalue weighted by Crippen LogP contribution is 2.24. The molecule has 0 aliphatic heterocycles. The minimum Gasteiger partial charge on any atom is -0.388 e. The second-order valence-electron chi connectivity index (χ2n) is 4.76. The van der Waals surface area contributed by atoms with E-state index in [-0.39, 0.29) is 12.2 Å². The van der Waals surface area contributed by atoms with Crippen LogP contribution in [0.3, 0.4) is 0 Å². The predicted molar refractivity (Wildman–Crippen MR) is 82.3 cm³/mol. The summed E-state index contributed by atoms with van der Waals surface area (Å²) in [6.07, 6.45) is 2.64. The molecule has 106 valence electrons. The molecule has 0 saturated heterocycles. The van der Waals surface area contributed by atoms with Gasteiger partial charge in [0.2, 0.25) is 0 Å². The van der Waals surface area contributed by atoms with E-state index in [2.05, 4.69) is 25.9 Å². The van der Waals surface area contributed by atoms with Crippen LogP contribution in [0.15, 0.2) is 53.3 Å². The maximum absolute atomic E-state index is 13.7. The van der Waals surface area contributed by atoms with Crippen molar-refractivity contribution in [3.05, 3.63) is 70.2 Å². The molecule has 3 nitrogen and oxygen atoms in total. The fourth-order valence-corrected chi connectivity index (χ4v) is 2.62. The number of aliphatic hydroxyl groups is 1. The first kappa shape index (κ1) is 14.1. The first-order valence-corrected chi connectivity index (χ1v) is 7.25. The third kappa shape index (κ3) is 3.09. The topological polar surface area (TPSA) is 46.0 Å². The van der Waals surface area contributed by atoms with E-state index >= 15 is 0 Å². The summed E-state index contributed by atoms with van der Waals surface area (Å²) in [7, 11) is 0. The van der Waals surface area contributed by atoms with Crippen LogP contribution in [-0.4, -0.2) is 15.1 Å². The van der Waals surface area contributed by atoms with Crippen LogP contribution >= 0.6 is 15.9 Å². The zero-order valence-corrected chi connectivity index (χ0v) is 12.6. The molecule has 1 heterocycles. The van der Waals surface area contributed by atoms with E-state index < -0.39 is 6.10 Å². The number of fused-ring (bicyclic) bond motifs is 1. The van der Waals surface area contributed by atoms with Crippen molar-refractivity contribution >= 4 is 27.0 Å². The Kier molecular flexibility index (Phi) is 3.94. The summed E-state index contributed by atoms with van der Waals surface area (Å²) in [5, 5.41) is 10.3. The molecule has 0 radical (unpaired) electrons. The van der Waals surface area contributed by atoms with Crippen LogP contribution in [-0.2, 0) is 6.42 Å². The van der Waals surface area contributed by atoms with Crippen molar-refractivity contribution in [1.29, 1.82) is 0 Å². The number of rotatable bonds is 3. The third-order valence-electron chi connectivity index (χ3n) is 3.30. The van der Waals surface area contributed by atoms with Gasteiger partial charge in [-0.05, 0) is 41.5 Å². The van der Waals surface area contributed by atoms with E-state index in [0.29, 0.717) is 16.6 Å². The van der Waals surface area contributed by atoms with Gasteiger partial charge in [0, 0.05) is 23.3 Å². The molecule has 1 atom stereocenters. The monoisotopic (exact) mass is 346 g/mol. The zero-order valence-electron chi connectivity index (χ0n) is 11.0. The molecule has 2 aromatic carbocycles. The molecule has 5 heteroatoms. The van der Waals surface area contributed by atoms with E-state index in [1.54, 1.807) is 42.7 Å². The highest BCUT2D eigenvalue weighted by atomic mass is 79.9. The molecule has 0 amide bonds. The van der Waals surface area contributed by atoms with Crippen molar-refractivity contribution in [3.8, 4) is 0 Å². The first-order chi connectivity index (χ1) is 10.1. The lowest BCUT2D eigenvalue weighted by Crippen LogP contribution is -2.04. The van der Waals surface area contributed by atoms with Crippen LogP contribution in [0.4, 0.5) is 4.39 Å². The maximum atomic E-state index is 13.7. The molecule has 0 aliphatic rings. The lowest BCUT2D eigenvalue weighted by Gasteiger charge is -2.12. The molecule has 1 N–H and O–H groups in total. The molecule has 1 unspecified atom stereocenters. The third-order valence-corrected chi connectivity index (χ3v) is 3.79. The molecule has 0 bridgehead atoms. The number of hydrogen-bond acceptors (Lipinski definition) is 3. The molecule has 0 fully saturated rings. The maximum Gasteiger partial charge on any atom is 0.126 e. The number of hydrogen-bond donors (Lipinski definition) is 1. The summed E-state index contributed by atoms with van der Waals surface area (Å²) in [5.74, 6) is -0.321. The van der Waals surface area contributed by atoms with Gasteiger partial charge in [-0.3, -0.25) is 9.97 Å². The molecule has 0 aliphatic carbocycles. The van der Waals surface area contributed by atoms with Gasteiger partial charge < -0.3 is 5.11 Å². The summed E-state index contributed by atoms with van der Waals surface area (Å²) in [6, 6.07) is 10.1. The van der Waals surface area contributed by atoms with Gasteiger partial charge in [0.05, 0.1) is 17.1 Å². The minimum atomic E-state index is -0.791. The van der Waals surface area contributed by atoms with E-state index in [1.807, 2.05) is 0 Å². The number of benzene rings is 2. The quantitative estimate of drug-likeness (QED) is 0.784. The summed E-state index contributed by atoms with van der Waals surface area (Å²) < 4.78 is 14.5. The number of nitrogens with zero attached hydrogens (tertiary/aromatic N) is 2. The Hall–Kier alpha value is -1.85. The normalized spacial score (nSPS) is 12.5. The standard InChI is InChI=1S/C16H12BrFN2O/c17-12-2-3-13(18)11(7-12)9-16(21)10-1-4-14-15(8-10)20-6-5-19-14/h1-8,16,21H,9H2. The Bertz CT molecular complexity index is 794. The van der Waals surface area contributed by atoms with Crippen molar-refractivity contribution < 1.29 is 9.50 Å². The smallest absolute Gasteiger partial charge is 0.126 e. The SMILES string of the molecule is OC(Cc1cc(Br)ccc1F)c1ccc2nccnc2c1. The summed E-state index contributed by atoms with van der Waals surface area (Å²) >= 11 is 3.31. The molecule has 3 aromatic rings. The van der Waals surface area contributed by atoms with E-state index in [4.69, 9.17) is 0 Å². The first-order valence-electron chi connectivity index (χ1n) is 6.46. The van der Waals surface area contributed by atoms with Gasteiger partial charge >= 0.3 is 0 Å². The van der Waals surface area contributed by atoms with Crippen LogP contribution in [0, 0.1) is 5.82 Å². The second kappa shape index (κ2) is 5.87. The largest absolute Gasteiger partial charge is 0.388 e. The van der Waals surface area contributed by atoms with Crippen molar-refractivity contribution in [2.24, 2.45) is 0 Å². The summed E-state index contributed by atoms with van der Waals surface area (Å²) in [4.78, 5) is 8.39. The predicted octanol–water partition coefficient (Wildman–Crippen LogP) is 3.81. The van der Waals surface area contributed by atoms with Crippen LogP contribution < -0.4 is 0 Å². The Labute approximate surface area is 129 Å². The number of aromatic nitrogens is 2. The number of aliphatic hydroxyl groups excluding tert-OH is 1. The van der Waals surface area contributed by atoms with E-state index in [1.165, 1.54) is 6.07 Å². The molecule has 3 rings (SSSR count). The molecular formula is C16H12BrFN2O. The Morgan fingerprint density at radius 1 is 1.05 bits per heavy atom. The van der Waals surface area contributed by atoms with E-state index in [0.717, 1.165) is 9.99 Å². The Morgan fingerprint density at radius 2 is 1.81 bits per heavy atom. The van der Waals surface area contributed by atoms with Crippen molar-refractivity contribution in [3.63, 3.8) is 0 Å². The van der Waals surface area contributed by atoms with Crippen LogP contribution in [0.1, 0.15) is 17.2 Å². The Balaban J connectivity index is 1.89. The number of halogens is 2. The van der Waals surface area contributed by atoms with Crippen LogP contribution in [0.2, 0.25) is 0 Å². The fraction of sp³-hybridized carbons (Fsp3) is 0.125. The van der Waals surface area contributed by atoms with Gasteiger partial charge in [-0.15, -0.1) is 0 Å². The van der Waals surface area contributed by atoms with Crippen LogP contribution in [0.5, 0.6) is 0 Å². The average molecular weight is 347 g/mol. The van der Waals surface area contributed by atoms with Crippen molar-refractivity contribution in [1.82, 2.24) is 9.97 Å². The second-order valence-corrected chi connectivity index (χ2v) is 5.68. The molecular weight excluding hydrogens is 335 g/mol.